The van der Waals surface area contributed by atoms with Gasteiger partial charge in [-0.25, -0.2) is 0 Å². The molecule has 0 saturated carbocycles. The Morgan fingerprint density at radius 1 is 0.415 bits per heavy atom. The molecule has 4 N–H and O–H groups in total. The highest BCUT2D eigenvalue weighted by molar-refractivity contribution is 6.14. The highest BCUT2D eigenvalue weighted by Crippen LogP contribution is 2.56. The van der Waals surface area contributed by atoms with Gasteiger partial charge in [0.2, 0.25) is 0 Å². The lowest BCUT2D eigenvalue weighted by Crippen LogP contribution is -2.28. The number of hydrogen-bond acceptors (Lipinski definition) is 4. The fourth-order valence-electron chi connectivity index (χ4n) is 8.52. The van der Waals surface area contributed by atoms with Crippen LogP contribution in [0.25, 0.3) is 32.7 Å². The van der Waals surface area contributed by atoms with Gasteiger partial charge in [0.05, 0.1) is 5.41 Å². The molecule has 8 aromatic rings. The van der Waals surface area contributed by atoms with E-state index in [0.29, 0.717) is 22.5 Å². The Bertz CT molecular complexity index is 2540. The number of nitrogens with two attached hydrogens (primary N) is 2. The van der Waals surface area contributed by atoms with Gasteiger partial charge in [-0.15, -0.1) is 0 Å². The van der Waals surface area contributed by atoms with Crippen molar-refractivity contribution in [2.75, 3.05) is 11.5 Å². The molecule has 0 fully saturated rings. The molecule has 4 nitrogen and oxygen atoms in total. The Kier molecular flexibility index (Phi) is 7.74. The lowest BCUT2D eigenvalue weighted by atomic mass is 9.67. The Balaban J connectivity index is 1.10. The van der Waals surface area contributed by atoms with Gasteiger partial charge in [-0.1, -0.05) is 158 Å². The number of rotatable bonds is 8. The van der Waals surface area contributed by atoms with Gasteiger partial charge >= 0.3 is 0 Å². The van der Waals surface area contributed by atoms with Crippen molar-refractivity contribution in [1.29, 1.82) is 0 Å². The first-order valence-corrected chi connectivity index (χ1v) is 17.9. The summed E-state index contributed by atoms with van der Waals surface area (Å²) in [6.45, 7) is 0. The topological polar surface area (TPSA) is 86.2 Å². The quantitative estimate of drug-likeness (QED) is 0.123. The lowest BCUT2D eigenvalue weighted by molar-refractivity contribution is 0.0987. The van der Waals surface area contributed by atoms with Crippen LogP contribution in [0.5, 0.6) is 0 Å². The van der Waals surface area contributed by atoms with Gasteiger partial charge in [-0.05, 0) is 78.2 Å². The SMILES string of the molecule is Nc1ccc2ccccc2c1C(=O)Cc1ccc(C2(c3ccc(CC(=O)c4c(N)ccc5ccccc45)cc3)c3ccccc3-c3ccccc32)cc1. The number of Topliss-reactive ketones (excluding diaryl/α,β-unsaturated/α-hetero) is 2. The van der Waals surface area contributed by atoms with Crippen molar-refractivity contribution < 1.29 is 9.59 Å². The summed E-state index contributed by atoms with van der Waals surface area (Å²) < 4.78 is 0. The predicted molar refractivity (Wildman–Crippen MR) is 217 cm³/mol. The van der Waals surface area contributed by atoms with Gasteiger partial charge in [0.15, 0.2) is 11.6 Å². The number of nitrogen functional groups attached to an aromatic ring is 2. The standard InChI is InChI=1S/C49H36N2O2/c50-43-27-21-33-9-1-3-11-37(33)47(43)45(52)29-31-17-23-35(24-18-31)49(41-15-7-5-13-39(41)40-14-6-8-16-42(40)49)36-25-19-32(20-26-36)30-46(53)48-38-12-4-2-10-34(38)22-28-44(48)51/h1-28H,29-30,50-51H2. The van der Waals surface area contributed by atoms with Crippen LogP contribution in [-0.2, 0) is 18.3 Å². The van der Waals surface area contributed by atoms with E-state index in [4.69, 9.17) is 11.5 Å². The Morgan fingerprint density at radius 3 is 1.23 bits per heavy atom. The van der Waals surface area contributed by atoms with Gasteiger partial charge < -0.3 is 11.5 Å². The fraction of sp³-hybridized carbons (Fsp3) is 0.0612. The van der Waals surface area contributed by atoms with Crippen molar-refractivity contribution in [3.8, 4) is 11.1 Å². The van der Waals surface area contributed by atoms with E-state index in [2.05, 4.69) is 97.1 Å². The van der Waals surface area contributed by atoms with E-state index >= 15 is 0 Å². The molecule has 53 heavy (non-hydrogen) atoms. The Hall–Kier alpha value is -6.78. The summed E-state index contributed by atoms with van der Waals surface area (Å²) >= 11 is 0. The van der Waals surface area contributed by atoms with Crippen molar-refractivity contribution in [3.05, 3.63) is 214 Å². The summed E-state index contributed by atoms with van der Waals surface area (Å²) in [6.07, 6.45) is 0.477. The predicted octanol–water partition coefficient (Wildman–Crippen LogP) is 10.4. The average molecular weight is 685 g/mol. The molecular formula is C49H36N2O2. The number of fused-ring (bicyclic) bond motifs is 5. The number of carbonyl (C=O) groups excluding carboxylic acids is 2. The van der Waals surface area contributed by atoms with Crippen LogP contribution >= 0.6 is 0 Å². The molecule has 0 radical (unpaired) electrons. The molecule has 0 unspecified atom stereocenters. The zero-order chi connectivity index (χ0) is 36.1. The molecule has 0 saturated heterocycles. The molecular weight excluding hydrogens is 649 g/mol. The minimum Gasteiger partial charge on any atom is -0.398 e. The molecule has 0 amide bonds. The van der Waals surface area contributed by atoms with Crippen LogP contribution in [0.4, 0.5) is 11.4 Å². The largest absolute Gasteiger partial charge is 0.398 e. The smallest absolute Gasteiger partial charge is 0.169 e. The second-order valence-corrected chi connectivity index (χ2v) is 13.9. The van der Waals surface area contributed by atoms with E-state index in [1.54, 1.807) is 0 Å². The van der Waals surface area contributed by atoms with Crippen LogP contribution in [0.3, 0.4) is 0 Å². The van der Waals surface area contributed by atoms with Crippen LogP contribution in [0.1, 0.15) is 54.1 Å². The van der Waals surface area contributed by atoms with Gasteiger partial charge in [-0.2, -0.15) is 0 Å². The number of carbonyl (C=O) groups is 2. The number of ketones is 2. The zero-order valence-corrected chi connectivity index (χ0v) is 29.1. The van der Waals surface area contributed by atoms with Crippen molar-refractivity contribution in [2.24, 2.45) is 0 Å². The molecule has 0 spiro atoms. The van der Waals surface area contributed by atoms with E-state index in [0.717, 1.165) is 43.8 Å². The van der Waals surface area contributed by atoms with E-state index in [9.17, 15) is 9.59 Å². The third-order valence-electron chi connectivity index (χ3n) is 10.9. The molecule has 0 aliphatic heterocycles. The molecule has 0 bridgehead atoms. The molecule has 4 heteroatoms. The van der Waals surface area contributed by atoms with Crippen molar-refractivity contribution in [1.82, 2.24) is 0 Å². The molecule has 8 aromatic carbocycles. The highest BCUT2D eigenvalue weighted by atomic mass is 16.1. The molecule has 0 atom stereocenters. The summed E-state index contributed by atoms with van der Waals surface area (Å²) in [5.41, 5.74) is 23.1. The van der Waals surface area contributed by atoms with Crippen LogP contribution in [-0.4, -0.2) is 11.6 Å². The summed E-state index contributed by atoms with van der Waals surface area (Å²) in [5.74, 6) is -0.0116. The Morgan fingerprint density at radius 2 is 0.792 bits per heavy atom. The Labute approximate surface area is 308 Å². The molecule has 0 heterocycles. The zero-order valence-electron chi connectivity index (χ0n) is 29.1. The number of hydrogen-bond donors (Lipinski definition) is 2. The molecule has 1 aliphatic rings. The third-order valence-corrected chi connectivity index (χ3v) is 10.9. The molecule has 9 rings (SSSR count). The second-order valence-electron chi connectivity index (χ2n) is 13.9. The minimum absolute atomic E-state index is 0.00582. The third kappa shape index (κ3) is 5.22. The average Bonchev–Trinajstić information content (AvgIpc) is 3.49. The lowest BCUT2D eigenvalue weighted by Gasteiger charge is -2.34. The minimum atomic E-state index is -0.613. The van der Waals surface area contributed by atoms with E-state index < -0.39 is 5.41 Å². The van der Waals surface area contributed by atoms with Gasteiger partial charge in [0.25, 0.3) is 0 Å². The first-order chi connectivity index (χ1) is 25.9. The van der Waals surface area contributed by atoms with Crippen LogP contribution in [0, 0.1) is 0 Å². The highest BCUT2D eigenvalue weighted by Gasteiger charge is 2.45. The normalized spacial score (nSPS) is 12.8. The van der Waals surface area contributed by atoms with Crippen molar-refractivity contribution in [3.63, 3.8) is 0 Å². The summed E-state index contributed by atoms with van der Waals surface area (Å²) in [7, 11) is 0. The summed E-state index contributed by atoms with van der Waals surface area (Å²) in [4.78, 5) is 27.5. The number of benzene rings is 8. The van der Waals surface area contributed by atoms with E-state index in [1.165, 1.54) is 22.3 Å². The van der Waals surface area contributed by atoms with Crippen LogP contribution in [0.2, 0.25) is 0 Å². The van der Waals surface area contributed by atoms with Gasteiger partial charge in [-0.3, -0.25) is 9.59 Å². The fourth-order valence-corrected chi connectivity index (χ4v) is 8.52. The first-order valence-electron chi connectivity index (χ1n) is 17.9. The molecule has 254 valence electrons. The maximum atomic E-state index is 13.8. The molecule has 1 aliphatic carbocycles. The van der Waals surface area contributed by atoms with Crippen LogP contribution in [0.15, 0.2) is 170 Å². The van der Waals surface area contributed by atoms with E-state index in [1.807, 2.05) is 72.8 Å². The van der Waals surface area contributed by atoms with E-state index in [-0.39, 0.29) is 24.4 Å². The van der Waals surface area contributed by atoms with Crippen LogP contribution < -0.4 is 11.5 Å². The summed E-state index contributed by atoms with van der Waals surface area (Å²) in [5, 5.41) is 3.74. The van der Waals surface area contributed by atoms with Gasteiger partial charge in [0.1, 0.15) is 0 Å². The maximum Gasteiger partial charge on any atom is 0.169 e. The number of anilines is 2. The van der Waals surface area contributed by atoms with Gasteiger partial charge in [0, 0.05) is 35.3 Å². The maximum absolute atomic E-state index is 13.8. The monoisotopic (exact) mass is 684 g/mol. The second kappa shape index (κ2) is 12.8. The van der Waals surface area contributed by atoms with Crippen molar-refractivity contribution in [2.45, 2.75) is 18.3 Å². The first kappa shape index (κ1) is 32.1. The molecule has 0 aromatic heterocycles. The van der Waals surface area contributed by atoms with Crippen molar-refractivity contribution >= 4 is 44.5 Å². The summed E-state index contributed by atoms with van der Waals surface area (Å²) in [6, 6.07) is 57.4.